The largest absolute Gasteiger partial charge is 0.383 e. The number of hydrogen-bond acceptors (Lipinski definition) is 4. The van der Waals surface area contributed by atoms with Gasteiger partial charge < -0.3 is 10.1 Å². The van der Waals surface area contributed by atoms with E-state index in [2.05, 4.69) is 15.3 Å². The zero-order chi connectivity index (χ0) is 14.2. The molecule has 4 nitrogen and oxygen atoms in total. The highest BCUT2D eigenvalue weighted by Crippen LogP contribution is 2.11. The number of nitrogens with zero attached hydrogens (tertiary/aromatic N) is 2. The standard InChI is InChI=1S/C15H18ClN3O/c1-20-7-6-17-9-13-10-18-15(19-11-13)8-12-2-4-14(16)5-3-12/h2-5,10-11,17H,6-9H2,1H3. The minimum Gasteiger partial charge on any atom is -0.383 e. The predicted octanol–water partition coefficient (Wildman–Crippen LogP) is 2.46. The molecule has 2 rings (SSSR count). The first kappa shape index (κ1) is 14.9. The summed E-state index contributed by atoms with van der Waals surface area (Å²) in [6.07, 6.45) is 4.44. The second kappa shape index (κ2) is 7.94. The Morgan fingerprint density at radius 3 is 2.45 bits per heavy atom. The van der Waals surface area contributed by atoms with Crippen molar-refractivity contribution in [3.05, 3.63) is 58.6 Å². The summed E-state index contributed by atoms with van der Waals surface area (Å²) in [7, 11) is 1.69. The molecular weight excluding hydrogens is 274 g/mol. The van der Waals surface area contributed by atoms with Gasteiger partial charge in [-0.15, -0.1) is 0 Å². The van der Waals surface area contributed by atoms with Crippen LogP contribution in [0.1, 0.15) is 17.0 Å². The maximum atomic E-state index is 5.86. The smallest absolute Gasteiger partial charge is 0.132 e. The van der Waals surface area contributed by atoms with Gasteiger partial charge in [0, 0.05) is 49.6 Å². The second-order valence-corrected chi connectivity index (χ2v) is 4.92. The molecule has 0 amide bonds. The first-order chi connectivity index (χ1) is 9.78. The normalized spacial score (nSPS) is 10.7. The molecule has 0 fully saturated rings. The van der Waals surface area contributed by atoms with Crippen LogP contribution in [0, 0.1) is 0 Å². The molecule has 20 heavy (non-hydrogen) atoms. The van der Waals surface area contributed by atoms with E-state index in [0.717, 1.165) is 35.1 Å². The molecule has 1 N–H and O–H groups in total. The second-order valence-electron chi connectivity index (χ2n) is 4.48. The topological polar surface area (TPSA) is 47.0 Å². The Hall–Kier alpha value is -1.49. The minimum absolute atomic E-state index is 0.704. The highest BCUT2D eigenvalue weighted by molar-refractivity contribution is 6.30. The van der Waals surface area contributed by atoms with Crippen LogP contribution in [0.5, 0.6) is 0 Å². The quantitative estimate of drug-likeness (QED) is 0.796. The first-order valence-corrected chi connectivity index (χ1v) is 6.89. The van der Waals surface area contributed by atoms with Crippen LogP contribution in [0.4, 0.5) is 0 Å². The van der Waals surface area contributed by atoms with Crippen LogP contribution in [-0.4, -0.2) is 30.2 Å². The summed E-state index contributed by atoms with van der Waals surface area (Å²) in [6, 6.07) is 7.74. The number of nitrogens with one attached hydrogen (secondary N) is 1. The number of rotatable bonds is 7. The molecule has 0 aliphatic heterocycles. The lowest BCUT2D eigenvalue weighted by Crippen LogP contribution is -2.18. The summed E-state index contributed by atoms with van der Waals surface area (Å²) in [5, 5.41) is 4.00. The Balaban J connectivity index is 1.86. The van der Waals surface area contributed by atoms with Crippen molar-refractivity contribution in [3.8, 4) is 0 Å². The van der Waals surface area contributed by atoms with E-state index in [-0.39, 0.29) is 0 Å². The third kappa shape index (κ3) is 4.89. The van der Waals surface area contributed by atoms with Crippen molar-refractivity contribution in [1.82, 2.24) is 15.3 Å². The number of hydrogen-bond donors (Lipinski definition) is 1. The Bertz CT molecular complexity index is 514. The summed E-state index contributed by atoms with van der Waals surface area (Å²) in [5.74, 6) is 0.813. The van der Waals surface area contributed by atoms with Crippen LogP contribution in [0.15, 0.2) is 36.7 Å². The number of methoxy groups -OCH3 is 1. The molecule has 0 unspecified atom stereocenters. The van der Waals surface area contributed by atoms with Crippen molar-refractivity contribution in [2.24, 2.45) is 0 Å². The van der Waals surface area contributed by atoms with Crippen molar-refractivity contribution in [2.45, 2.75) is 13.0 Å². The van der Waals surface area contributed by atoms with Gasteiger partial charge in [-0.3, -0.25) is 0 Å². The maximum Gasteiger partial charge on any atom is 0.132 e. The molecule has 2 aromatic rings. The SMILES string of the molecule is COCCNCc1cnc(Cc2ccc(Cl)cc2)nc1. The van der Waals surface area contributed by atoms with E-state index in [1.54, 1.807) is 7.11 Å². The van der Waals surface area contributed by atoms with Gasteiger partial charge in [0.15, 0.2) is 0 Å². The Kier molecular flexibility index (Phi) is 5.92. The minimum atomic E-state index is 0.704. The van der Waals surface area contributed by atoms with Crippen LogP contribution >= 0.6 is 11.6 Å². The van der Waals surface area contributed by atoms with Crippen LogP contribution in [0.25, 0.3) is 0 Å². The Labute approximate surface area is 124 Å². The average Bonchev–Trinajstić information content (AvgIpc) is 2.48. The van der Waals surface area contributed by atoms with Crippen LogP contribution in [0.2, 0.25) is 5.02 Å². The van der Waals surface area contributed by atoms with E-state index in [1.165, 1.54) is 0 Å². The average molecular weight is 292 g/mol. The highest BCUT2D eigenvalue weighted by Gasteiger charge is 2.00. The summed E-state index contributed by atoms with van der Waals surface area (Å²) in [6.45, 7) is 2.28. The van der Waals surface area contributed by atoms with Gasteiger partial charge in [0.05, 0.1) is 6.61 Å². The third-order valence-corrected chi connectivity index (χ3v) is 3.10. The van der Waals surface area contributed by atoms with Crippen LogP contribution < -0.4 is 5.32 Å². The predicted molar refractivity (Wildman–Crippen MR) is 79.9 cm³/mol. The van der Waals surface area contributed by atoms with Gasteiger partial charge in [-0.05, 0) is 17.7 Å². The molecule has 1 aromatic carbocycles. The van der Waals surface area contributed by atoms with E-state index in [0.29, 0.717) is 13.0 Å². The number of halogens is 1. The first-order valence-electron chi connectivity index (χ1n) is 6.52. The number of aromatic nitrogens is 2. The molecule has 0 atom stereocenters. The van der Waals surface area contributed by atoms with Crippen molar-refractivity contribution in [1.29, 1.82) is 0 Å². The number of ether oxygens (including phenoxy) is 1. The van der Waals surface area contributed by atoms with Gasteiger partial charge in [0.2, 0.25) is 0 Å². The molecule has 106 valence electrons. The monoisotopic (exact) mass is 291 g/mol. The molecule has 0 radical (unpaired) electrons. The zero-order valence-corrected chi connectivity index (χ0v) is 12.2. The van der Waals surface area contributed by atoms with Crippen molar-refractivity contribution >= 4 is 11.6 Å². The summed E-state index contributed by atoms with van der Waals surface area (Å²) < 4.78 is 4.97. The lowest BCUT2D eigenvalue weighted by Gasteiger charge is -2.05. The molecule has 0 bridgehead atoms. The lowest BCUT2D eigenvalue weighted by atomic mass is 10.1. The van der Waals surface area contributed by atoms with E-state index in [1.807, 2.05) is 36.7 Å². The van der Waals surface area contributed by atoms with Crippen molar-refractivity contribution in [2.75, 3.05) is 20.3 Å². The van der Waals surface area contributed by atoms with E-state index >= 15 is 0 Å². The third-order valence-electron chi connectivity index (χ3n) is 2.85. The zero-order valence-electron chi connectivity index (χ0n) is 11.5. The Morgan fingerprint density at radius 1 is 1.10 bits per heavy atom. The van der Waals surface area contributed by atoms with Crippen LogP contribution in [-0.2, 0) is 17.7 Å². The highest BCUT2D eigenvalue weighted by atomic mass is 35.5. The fourth-order valence-electron chi connectivity index (χ4n) is 1.76. The van der Waals surface area contributed by atoms with Crippen molar-refractivity contribution in [3.63, 3.8) is 0 Å². The molecule has 0 saturated heterocycles. The fourth-order valence-corrected chi connectivity index (χ4v) is 1.88. The van der Waals surface area contributed by atoms with E-state index in [9.17, 15) is 0 Å². The molecule has 0 spiro atoms. The van der Waals surface area contributed by atoms with E-state index < -0.39 is 0 Å². The molecule has 1 heterocycles. The van der Waals surface area contributed by atoms with Gasteiger partial charge >= 0.3 is 0 Å². The summed E-state index contributed by atoms with van der Waals surface area (Å²) >= 11 is 5.86. The molecule has 0 aliphatic rings. The van der Waals surface area contributed by atoms with Gasteiger partial charge in [0.25, 0.3) is 0 Å². The summed E-state index contributed by atoms with van der Waals surface area (Å²) in [4.78, 5) is 8.76. The van der Waals surface area contributed by atoms with Crippen molar-refractivity contribution < 1.29 is 4.74 Å². The summed E-state index contributed by atoms with van der Waals surface area (Å²) in [5.41, 5.74) is 2.22. The molecule has 0 saturated carbocycles. The fraction of sp³-hybridized carbons (Fsp3) is 0.333. The lowest BCUT2D eigenvalue weighted by molar-refractivity contribution is 0.199. The van der Waals surface area contributed by atoms with Gasteiger partial charge in [0.1, 0.15) is 5.82 Å². The molecule has 5 heteroatoms. The van der Waals surface area contributed by atoms with Gasteiger partial charge in [-0.25, -0.2) is 9.97 Å². The molecule has 1 aromatic heterocycles. The maximum absolute atomic E-state index is 5.86. The molecular formula is C15H18ClN3O. The van der Waals surface area contributed by atoms with Crippen LogP contribution in [0.3, 0.4) is 0 Å². The molecule has 0 aliphatic carbocycles. The number of benzene rings is 1. The van der Waals surface area contributed by atoms with Gasteiger partial charge in [-0.2, -0.15) is 0 Å². The van der Waals surface area contributed by atoms with Gasteiger partial charge in [-0.1, -0.05) is 23.7 Å². The Morgan fingerprint density at radius 2 is 1.80 bits per heavy atom. The van der Waals surface area contributed by atoms with E-state index in [4.69, 9.17) is 16.3 Å².